The van der Waals surface area contributed by atoms with E-state index >= 15 is 0 Å². The molecule has 5 heteroatoms. The molecule has 0 N–H and O–H groups in total. The predicted molar refractivity (Wildman–Crippen MR) is 77.3 cm³/mol. The van der Waals surface area contributed by atoms with E-state index in [4.69, 9.17) is 18.9 Å². The first-order valence-electron chi connectivity index (χ1n) is 7.34. The molecule has 21 heavy (non-hydrogen) atoms. The number of allylic oxidation sites excluding steroid dienone is 2. The van der Waals surface area contributed by atoms with Crippen LogP contribution in [0.5, 0.6) is 0 Å². The van der Waals surface area contributed by atoms with Gasteiger partial charge in [-0.15, -0.1) is 0 Å². The van der Waals surface area contributed by atoms with Crippen LogP contribution in [0, 0.1) is 0 Å². The van der Waals surface area contributed by atoms with Gasteiger partial charge < -0.3 is 18.9 Å². The summed E-state index contributed by atoms with van der Waals surface area (Å²) in [5, 5.41) is 0. The van der Waals surface area contributed by atoms with Crippen molar-refractivity contribution in [3.05, 3.63) is 23.0 Å². The minimum Gasteiger partial charge on any atom is -0.457 e. The highest BCUT2D eigenvalue weighted by atomic mass is 16.7. The van der Waals surface area contributed by atoms with Crippen LogP contribution in [0.15, 0.2) is 23.0 Å². The molecule has 0 aromatic heterocycles. The van der Waals surface area contributed by atoms with Gasteiger partial charge in [-0.05, 0) is 31.8 Å². The number of carbonyl (C=O) groups is 1. The zero-order valence-corrected chi connectivity index (χ0v) is 13.2. The van der Waals surface area contributed by atoms with Gasteiger partial charge in [0.2, 0.25) is 5.79 Å². The minimum atomic E-state index is -0.903. The Labute approximate surface area is 125 Å². The zero-order chi connectivity index (χ0) is 15.5. The Morgan fingerprint density at radius 2 is 2.14 bits per heavy atom. The maximum absolute atomic E-state index is 12.2. The molecule has 1 aliphatic carbocycles. The summed E-state index contributed by atoms with van der Waals surface area (Å²) in [6.45, 7) is 5.46. The van der Waals surface area contributed by atoms with Crippen LogP contribution in [0.2, 0.25) is 0 Å². The van der Waals surface area contributed by atoms with Gasteiger partial charge >= 0.3 is 5.97 Å². The minimum absolute atomic E-state index is 0.158. The summed E-state index contributed by atoms with van der Waals surface area (Å²) in [6.07, 6.45) is 5.69. The molecule has 1 atom stereocenters. The Bertz CT molecular complexity index is 461. The SMILES string of the molecule is COCOC(CC1=C(C)OC(C)(C)OC1=O)C1=CCCC1. The lowest BCUT2D eigenvalue weighted by atomic mass is 9.99. The number of ether oxygens (including phenoxy) is 4. The second-order valence-electron chi connectivity index (χ2n) is 5.86. The molecule has 1 unspecified atom stereocenters. The average molecular weight is 296 g/mol. The fourth-order valence-electron chi connectivity index (χ4n) is 2.73. The highest BCUT2D eigenvalue weighted by Gasteiger charge is 2.35. The lowest BCUT2D eigenvalue weighted by molar-refractivity contribution is -0.208. The van der Waals surface area contributed by atoms with Crippen molar-refractivity contribution in [3.8, 4) is 0 Å². The molecule has 0 saturated carbocycles. The second-order valence-corrected chi connectivity index (χ2v) is 5.86. The van der Waals surface area contributed by atoms with Crippen molar-refractivity contribution in [1.29, 1.82) is 0 Å². The van der Waals surface area contributed by atoms with Gasteiger partial charge in [0, 0.05) is 27.4 Å². The van der Waals surface area contributed by atoms with Crippen molar-refractivity contribution in [1.82, 2.24) is 0 Å². The number of rotatable bonds is 6. The molecule has 0 bridgehead atoms. The van der Waals surface area contributed by atoms with Crippen molar-refractivity contribution in [2.75, 3.05) is 13.9 Å². The molecule has 5 nitrogen and oxygen atoms in total. The van der Waals surface area contributed by atoms with Crippen LogP contribution in [0.3, 0.4) is 0 Å². The summed E-state index contributed by atoms with van der Waals surface area (Å²) in [5.41, 5.74) is 1.77. The Kier molecular flexibility index (Phi) is 5.06. The molecule has 118 valence electrons. The van der Waals surface area contributed by atoms with Crippen LogP contribution in [0.25, 0.3) is 0 Å². The number of hydrogen-bond acceptors (Lipinski definition) is 5. The van der Waals surface area contributed by atoms with Crippen LogP contribution in [-0.4, -0.2) is 31.8 Å². The van der Waals surface area contributed by atoms with Crippen molar-refractivity contribution < 1.29 is 23.7 Å². The fraction of sp³-hybridized carbons (Fsp3) is 0.688. The predicted octanol–water partition coefficient (Wildman–Crippen LogP) is 3.06. The zero-order valence-electron chi connectivity index (χ0n) is 13.2. The van der Waals surface area contributed by atoms with E-state index < -0.39 is 5.79 Å². The normalized spacial score (nSPS) is 22.7. The first kappa shape index (κ1) is 16.0. The van der Waals surface area contributed by atoms with Gasteiger partial charge in [-0.2, -0.15) is 0 Å². The summed E-state index contributed by atoms with van der Waals surface area (Å²) in [7, 11) is 1.59. The maximum atomic E-state index is 12.2. The standard InChI is InChI=1S/C16H24O5/c1-11-13(15(17)21-16(2,3)20-11)9-14(19-10-18-4)12-7-5-6-8-12/h7,14H,5-6,8-10H2,1-4H3. The lowest BCUT2D eigenvalue weighted by Crippen LogP contribution is -2.37. The van der Waals surface area contributed by atoms with Gasteiger partial charge in [-0.25, -0.2) is 4.79 Å². The van der Waals surface area contributed by atoms with Crippen molar-refractivity contribution in [2.24, 2.45) is 0 Å². The molecule has 0 saturated heterocycles. The molecule has 2 aliphatic rings. The molecule has 1 aliphatic heterocycles. The molecular formula is C16H24O5. The number of carbonyl (C=O) groups excluding carboxylic acids is 1. The smallest absolute Gasteiger partial charge is 0.340 e. The Morgan fingerprint density at radius 1 is 1.38 bits per heavy atom. The van der Waals surface area contributed by atoms with Crippen LogP contribution in [-0.2, 0) is 23.7 Å². The van der Waals surface area contributed by atoms with Gasteiger partial charge in [0.05, 0.1) is 11.7 Å². The third-order valence-corrected chi connectivity index (χ3v) is 3.68. The molecule has 0 aromatic carbocycles. The van der Waals surface area contributed by atoms with Crippen molar-refractivity contribution >= 4 is 5.97 Å². The van der Waals surface area contributed by atoms with E-state index in [0.29, 0.717) is 17.8 Å². The molecule has 0 aromatic rings. The first-order chi connectivity index (χ1) is 9.93. The van der Waals surface area contributed by atoms with E-state index in [1.165, 1.54) is 5.57 Å². The second kappa shape index (κ2) is 6.62. The lowest BCUT2D eigenvalue weighted by Gasteiger charge is -2.33. The number of cyclic esters (lactones) is 1. The highest BCUT2D eigenvalue weighted by Crippen LogP contribution is 2.32. The van der Waals surface area contributed by atoms with E-state index in [0.717, 1.165) is 19.3 Å². The van der Waals surface area contributed by atoms with Gasteiger partial charge in [0.1, 0.15) is 12.6 Å². The van der Waals surface area contributed by atoms with Gasteiger partial charge in [-0.3, -0.25) is 0 Å². The summed E-state index contributed by atoms with van der Waals surface area (Å²) in [4.78, 5) is 12.2. The molecule has 0 spiro atoms. The highest BCUT2D eigenvalue weighted by molar-refractivity contribution is 5.90. The van der Waals surface area contributed by atoms with Gasteiger partial charge in [0.25, 0.3) is 0 Å². The molecule has 2 rings (SSSR count). The quantitative estimate of drug-likeness (QED) is 0.428. The fourth-order valence-corrected chi connectivity index (χ4v) is 2.73. The van der Waals surface area contributed by atoms with E-state index in [9.17, 15) is 4.79 Å². The molecule has 0 radical (unpaired) electrons. The Morgan fingerprint density at radius 3 is 2.71 bits per heavy atom. The maximum Gasteiger partial charge on any atom is 0.340 e. The number of hydrogen-bond donors (Lipinski definition) is 0. The number of methoxy groups -OCH3 is 1. The van der Waals surface area contributed by atoms with Gasteiger partial charge in [0.15, 0.2) is 0 Å². The van der Waals surface area contributed by atoms with E-state index in [-0.39, 0.29) is 18.9 Å². The van der Waals surface area contributed by atoms with Crippen molar-refractivity contribution in [3.63, 3.8) is 0 Å². The number of esters is 1. The molecular weight excluding hydrogens is 272 g/mol. The van der Waals surface area contributed by atoms with Gasteiger partial charge in [-0.1, -0.05) is 6.08 Å². The third kappa shape index (κ3) is 4.08. The summed E-state index contributed by atoms with van der Waals surface area (Å²) >= 11 is 0. The van der Waals surface area contributed by atoms with Crippen LogP contribution >= 0.6 is 0 Å². The molecule has 0 fully saturated rings. The van der Waals surface area contributed by atoms with Crippen LogP contribution in [0.1, 0.15) is 46.5 Å². The van der Waals surface area contributed by atoms with E-state index in [1.54, 1.807) is 27.9 Å². The largest absolute Gasteiger partial charge is 0.457 e. The third-order valence-electron chi connectivity index (χ3n) is 3.68. The summed E-state index contributed by atoms with van der Waals surface area (Å²) in [6, 6.07) is 0. The average Bonchev–Trinajstić information content (AvgIpc) is 2.89. The summed E-state index contributed by atoms with van der Waals surface area (Å²) < 4.78 is 21.7. The Hall–Kier alpha value is -1.33. The van der Waals surface area contributed by atoms with E-state index in [1.807, 2.05) is 0 Å². The molecule has 1 heterocycles. The Balaban J connectivity index is 2.13. The van der Waals surface area contributed by atoms with Crippen LogP contribution < -0.4 is 0 Å². The van der Waals surface area contributed by atoms with Crippen molar-refractivity contribution in [2.45, 2.75) is 58.3 Å². The topological polar surface area (TPSA) is 54.0 Å². The molecule has 0 amide bonds. The monoisotopic (exact) mass is 296 g/mol. The summed E-state index contributed by atoms with van der Waals surface area (Å²) in [5.74, 6) is -0.616. The first-order valence-corrected chi connectivity index (χ1v) is 7.34. The van der Waals surface area contributed by atoms with Crippen LogP contribution in [0.4, 0.5) is 0 Å². The van der Waals surface area contributed by atoms with E-state index in [2.05, 4.69) is 6.08 Å².